The molecule has 28 heavy (non-hydrogen) atoms. The van der Waals surface area contributed by atoms with Crippen molar-refractivity contribution in [2.75, 3.05) is 0 Å². The first-order valence-corrected chi connectivity index (χ1v) is 12.5. The van der Waals surface area contributed by atoms with Gasteiger partial charge in [0.05, 0.1) is 0 Å². The van der Waals surface area contributed by atoms with Crippen molar-refractivity contribution >= 4 is 15.2 Å². The summed E-state index contributed by atoms with van der Waals surface area (Å²) >= 11 is 0. The molecule has 0 heterocycles. The Morgan fingerprint density at radius 3 is 1.25 bits per heavy atom. The van der Waals surface area contributed by atoms with E-state index in [0.29, 0.717) is 5.16 Å². The molecule has 6 heteroatoms. The van der Waals surface area contributed by atoms with Crippen molar-refractivity contribution in [3.63, 3.8) is 0 Å². The van der Waals surface area contributed by atoms with Crippen LogP contribution in [0.4, 0.5) is 17.3 Å². The summed E-state index contributed by atoms with van der Waals surface area (Å²) in [6, 6.07) is 0. The van der Waals surface area contributed by atoms with Crippen LogP contribution in [0.15, 0.2) is 22.3 Å². The van der Waals surface area contributed by atoms with Gasteiger partial charge in [0.1, 0.15) is 0 Å². The largest absolute Gasteiger partial charge is 0.673 e. The molecule has 0 saturated heterocycles. The van der Waals surface area contributed by atoms with Gasteiger partial charge in [-0.2, -0.15) is 0 Å². The van der Waals surface area contributed by atoms with Crippen LogP contribution in [0.5, 0.6) is 0 Å². The van der Waals surface area contributed by atoms with Crippen LogP contribution < -0.4 is 0 Å². The van der Waals surface area contributed by atoms with Gasteiger partial charge in [-0.25, -0.2) is 0 Å². The molecular weight excluding hydrogens is 382 g/mol. The smallest absolute Gasteiger partial charge is 0.418 e. The molecule has 0 aromatic carbocycles. The monoisotopic (exact) mass is 419 g/mol. The highest BCUT2D eigenvalue weighted by Gasteiger charge is 2.48. The van der Waals surface area contributed by atoms with Gasteiger partial charge in [0.15, 0.2) is 0 Å². The van der Waals surface area contributed by atoms with Gasteiger partial charge in [-0.05, 0) is 82.8 Å². The van der Waals surface area contributed by atoms with Gasteiger partial charge < -0.3 is 17.3 Å². The minimum atomic E-state index is -6.00. The first-order valence-electron chi connectivity index (χ1n) is 11.0. The lowest BCUT2D eigenvalue weighted by atomic mass is 9.97. The van der Waals surface area contributed by atoms with Crippen molar-refractivity contribution in [3.8, 4) is 0 Å². The highest BCUT2D eigenvalue weighted by molar-refractivity contribution is 7.61. The van der Waals surface area contributed by atoms with Gasteiger partial charge in [0.25, 0.3) is 0 Å². The highest BCUT2D eigenvalue weighted by Crippen LogP contribution is 2.70. The zero-order valence-corrected chi connectivity index (χ0v) is 19.2. The van der Waals surface area contributed by atoms with E-state index in [0.717, 1.165) is 11.3 Å². The lowest BCUT2D eigenvalue weighted by molar-refractivity contribution is 0.368. The van der Waals surface area contributed by atoms with Crippen LogP contribution in [0.3, 0.4) is 0 Å². The first kappa shape index (κ1) is 24.0. The van der Waals surface area contributed by atoms with E-state index in [1.54, 1.807) is 22.3 Å². The molecule has 0 atom stereocenters. The van der Waals surface area contributed by atoms with Crippen molar-refractivity contribution in [1.82, 2.24) is 0 Å². The number of allylic oxidation sites excluding steroid dienone is 4. The second-order valence-corrected chi connectivity index (χ2v) is 12.2. The number of rotatable bonds is 3. The summed E-state index contributed by atoms with van der Waals surface area (Å²) in [5, 5.41) is 0.410. The third kappa shape index (κ3) is 5.43. The predicted octanol–water partition coefficient (Wildman–Crippen LogP) is 8.88. The van der Waals surface area contributed by atoms with E-state index < -0.39 is 7.25 Å². The molecule has 0 radical (unpaired) electrons. The van der Waals surface area contributed by atoms with E-state index in [1.165, 1.54) is 64.2 Å². The fraction of sp³-hybridized carbons (Fsp3) is 0.818. The highest BCUT2D eigenvalue weighted by atomic mass is 31.1. The quantitative estimate of drug-likeness (QED) is 0.243. The first-order chi connectivity index (χ1) is 13.0. The summed E-state index contributed by atoms with van der Waals surface area (Å²) in [5.41, 5.74) is 8.77. The lowest BCUT2D eigenvalue weighted by Gasteiger charge is -2.49. The molecule has 0 aromatic heterocycles. The third-order valence-electron chi connectivity index (χ3n) is 7.60. The normalized spacial score (nSPS) is 24.6. The summed E-state index contributed by atoms with van der Waals surface area (Å²) in [6.45, 7) is 12.3. The Kier molecular flexibility index (Phi) is 8.28. The van der Waals surface area contributed by atoms with Gasteiger partial charge in [0.2, 0.25) is 0 Å². The summed E-state index contributed by atoms with van der Waals surface area (Å²) in [5.74, 6) is 0. The van der Waals surface area contributed by atoms with Crippen molar-refractivity contribution < 1.29 is 17.3 Å². The van der Waals surface area contributed by atoms with E-state index in [2.05, 4.69) is 34.6 Å². The van der Waals surface area contributed by atoms with Crippen LogP contribution in [0.1, 0.15) is 98.8 Å². The fourth-order valence-electron chi connectivity index (χ4n) is 5.71. The maximum Gasteiger partial charge on any atom is 0.673 e. The molecule has 3 rings (SSSR count). The zero-order chi connectivity index (χ0) is 21.1. The Hall–Kier alpha value is -0.305. The van der Waals surface area contributed by atoms with Crippen LogP contribution in [0.25, 0.3) is 0 Å². The topological polar surface area (TPSA) is 0 Å². The molecular formula is C22H37BF4P-. The molecule has 0 amide bonds. The van der Waals surface area contributed by atoms with Crippen LogP contribution in [0, 0.1) is 0 Å². The molecule has 0 nitrogen and oxygen atoms in total. The summed E-state index contributed by atoms with van der Waals surface area (Å²) in [4.78, 5) is 0. The van der Waals surface area contributed by atoms with E-state index in [9.17, 15) is 17.3 Å². The minimum Gasteiger partial charge on any atom is -0.418 e. The number of hydrogen-bond acceptors (Lipinski definition) is 0. The van der Waals surface area contributed by atoms with Crippen molar-refractivity contribution in [2.24, 2.45) is 0 Å². The van der Waals surface area contributed by atoms with Gasteiger partial charge in [-0.1, -0.05) is 57.6 Å². The van der Waals surface area contributed by atoms with Crippen LogP contribution in [-0.4, -0.2) is 23.7 Å². The molecule has 0 unspecified atom stereocenters. The van der Waals surface area contributed by atoms with Crippen LogP contribution >= 0.6 is 7.92 Å². The van der Waals surface area contributed by atoms with Gasteiger partial charge in [-0.15, -0.1) is 0 Å². The Balaban J connectivity index is 0.000000500. The van der Waals surface area contributed by atoms with E-state index in [-0.39, 0.29) is 7.92 Å². The molecule has 3 aliphatic carbocycles. The Morgan fingerprint density at radius 1 is 0.679 bits per heavy atom. The Labute approximate surface area is 170 Å². The maximum absolute atomic E-state index is 9.75. The van der Waals surface area contributed by atoms with Crippen LogP contribution in [0.2, 0.25) is 0 Å². The maximum atomic E-state index is 9.75. The predicted molar refractivity (Wildman–Crippen MR) is 116 cm³/mol. The molecule has 0 bridgehead atoms. The second kappa shape index (κ2) is 9.67. The molecule has 3 aliphatic rings. The SMILES string of the molecule is CC1=C(C)C(C)(P(C2CCCCC2)C2CCCCC2)C(C)=C1C.F[B-](F)(F)F. The number of hydrogen-bond donors (Lipinski definition) is 0. The third-order valence-corrected chi connectivity index (χ3v) is 11.9. The summed E-state index contributed by atoms with van der Waals surface area (Å²) < 4.78 is 39.0. The minimum absolute atomic E-state index is 0.0722. The molecule has 0 aliphatic heterocycles. The van der Waals surface area contributed by atoms with Crippen molar-refractivity contribution in [3.05, 3.63) is 22.3 Å². The standard InChI is InChI=1S/C22H37P.BF4/c1-16-17(2)19(4)22(5,18(16)3)23(20-12-8-6-9-13-20)21-14-10-7-11-15-21;2-1(3,4)5/h20-21H,6-15H2,1-5H3;/q;-1. The Bertz CT molecular complexity index is 548. The van der Waals surface area contributed by atoms with E-state index in [4.69, 9.17) is 0 Å². The lowest BCUT2D eigenvalue weighted by Crippen LogP contribution is -2.35. The second-order valence-electron chi connectivity index (χ2n) is 9.06. The van der Waals surface area contributed by atoms with Gasteiger partial charge >= 0.3 is 7.25 Å². The average molecular weight is 419 g/mol. The summed E-state index contributed by atoms with van der Waals surface area (Å²) in [7, 11) is -5.93. The van der Waals surface area contributed by atoms with Gasteiger partial charge in [0, 0.05) is 5.16 Å². The van der Waals surface area contributed by atoms with Crippen molar-refractivity contribution in [2.45, 2.75) is 115 Å². The van der Waals surface area contributed by atoms with Crippen LogP contribution in [-0.2, 0) is 0 Å². The molecule has 0 spiro atoms. The van der Waals surface area contributed by atoms with E-state index >= 15 is 0 Å². The fourth-order valence-corrected chi connectivity index (χ4v) is 10.7. The molecule has 0 aromatic rings. The number of halogens is 4. The average Bonchev–Trinajstić information content (AvgIpc) is 2.78. The van der Waals surface area contributed by atoms with Gasteiger partial charge in [-0.3, -0.25) is 0 Å². The van der Waals surface area contributed by atoms with Crippen molar-refractivity contribution in [1.29, 1.82) is 0 Å². The summed E-state index contributed by atoms with van der Waals surface area (Å²) in [6.07, 6.45) is 15.1. The zero-order valence-electron chi connectivity index (χ0n) is 18.3. The molecule has 2 saturated carbocycles. The molecule has 0 N–H and O–H groups in total. The molecule has 2 fully saturated rings. The molecule has 162 valence electrons. The van der Waals surface area contributed by atoms with E-state index in [1.807, 2.05) is 0 Å². The Morgan fingerprint density at radius 2 is 0.964 bits per heavy atom.